The first-order valence-corrected chi connectivity index (χ1v) is 9.73. The maximum atomic E-state index is 13.1. The third kappa shape index (κ3) is 4.54. The van der Waals surface area contributed by atoms with Crippen LogP contribution in [-0.2, 0) is 11.3 Å². The van der Waals surface area contributed by atoms with E-state index >= 15 is 0 Å². The fourth-order valence-electron chi connectivity index (χ4n) is 2.72. The summed E-state index contributed by atoms with van der Waals surface area (Å²) in [5.74, 6) is 0.513. The molecule has 5 nitrogen and oxygen atoms in total. The fraction of sp³-hybridized carbons (Fsp3) is 0.238. The van der Waals surface area contributed by atoms with Gasteiger partial charge in [-0.1, -0.05) is 12.1 Å². The van der Waals surface area contributed by atoms with Gasteiger partial charge in [0.1, 0.15) is 17.3 Å². The van der Waals surface area contributed by atoms with Gasteiger partial charge in [0.25, 0.3) is 11.1 Å². The highest BCUT2D eigenvalue weighted by atomic mass is 32.2. The Balaban J connectivity index is 1.83. The Labute approximate surface area is 167 Å². The van der Waals surface area contributed by atoms with E-state index in [9.17, 15) is 14.0 Å². The second-order valence-corrected chi connectivity index (χ2v) is 6.95. The monoisotopic (exact) mass is 401 g/mol. The summed E-state index contributed by atoms with van der Waals surface area (Å²) in [5, 5.41) is -0.357. The Kier molecular flexibility index (Phi) is 6.36. The van der Waals surface area contributed by atoms with Crippen molar-refractivity contribution in [3.05, 3.63) is 64.3 Å². The van der Waals surface area contributed by atoms with Crippen molar-refractivity contribution >= 4 is 29.0 Å². The summed E-state index contributed by atoms with van der Waals surface area (Å²) in [6.07, 6.45) is 1.65. The van der Waals surface area contributed by atoms with E-state index in [0.29, 0.717) is 40.7 Å². The molecular formula is C21H20FNO4S. The number of hydrogen-bond acceptors (Lipinski definition) is 5. The molecule has 1 heterocycles. The molecule has 2 aromatic rings. The summed E-state index contributed by atoms with van der Waals surface area (Å²) >= 11 is 0.878. The molecule has 0 atom stereocenters. The number of nitrogens with zero attached hydrogens (tertiary/aromatic N) is 1. The van der Waals surface area contributed by atoms with Gasteiger partial charge in [-0.15, -0.1) is 0 Å². The predicted octanol–water partition coefficient (Wildman–Crippen LogP) is 4.86. The maximum absolute atomic E-state index is 13.1. The van der Waals surface area contributed by atoms with Gasteiger partial charge in [0.15, 0.2) is 0 Å². The maximum Gasteiger partial charge on any atom is 0.293 e. The standard InChI is InChI=1S/C21H20FNO4S/c1-3-26-17-10-7-15(18(12-17)27-4-2)11-19-20(24)23(21(25)28-19)13-14-5-8-16(22)9-6-14/h5-12H,3-4,13H2,1-2H3/b19-11+. The molecule has 2 aromatic carbocycles. The van der Waals surface area contributed by atoms with E-state index in [1.54, 1.807) is 36.4 Å². The largest absolute Gasteiger partial charge is 0.494 e. The highest BCUT2D eigenvalue weighted by molar-refractivity contribution is 8.18. The van der Waals surface area contributed by atoms with Crippen molar-refractivity contribution in [2.75, 3.05) is 13.2 Å². The average molecular weight is 401 g/mol. The number of carbonyl (C=O) groups is 2. The van der Waals surface area contributed by atoms with E-state index in [-0.39, 0.29) is 23.5 Å². The second kappa shape index (κ2) is 8.93. The quantitative estimate of drug-likeness (QED) is 0.620. The van der Waals surface area contributed by atoms with Crippen LogP contribution in [-0.4, -0.2) is 29.3 Å². The number of hydrogen-bond donors (Lipinski definition) is 0. The van der Waals surface area contributed by atoms with Crippen molar-refractivity contribution in [1.29, 1.82) is 0 Å². The molecule has 28 heavy (non-hydrogen) atoms. The fourth-order valence-corrected chi connectivity index (χ4v) is 3.55. The van der Waals surface area contributed by atoms with Crippen molar-refractivity contribution < 1.29 is 23.5 Å². The van der Waals surface area contributed by atoms with Gasteiger partial charge in [0.2, 0.25) is 0 Å². The molecular weight excluding hydrogens is 381 g/mol. The lowest BCUT2D eigenvalue weighted by Gasteiger charge is -2.12. The van der Waals surface area contributed by atoms with Gasteiger partial charge in [0.05, 0.1) is 24.7 Å². The molecule has 3 rings (SSSR count). The number of thioether (sulfide) groups is 1. The first-order valence-electron chi connectivity index (χ1n) is 8.91. The van der Waals surface area contributed by atoms with Crippen molar-refractivity contribution in [3.63, 3.8) is 0 Å². The average Bonchev–Trinajstić information content (AvgIpc) is 2.93. The summed E-state index contributed by atoms with van der Waals surface area (Å²) in [6, 6.07) is 11.1. The minimum Gasteiger partial charge on any atom is -0.494 e. The summed E-state index contributed by atoms with van der Waals surface area (Å²) in [4.78, 5) is 26.5. The number of rotatable bonds is 7. The number of amides is 2. The normalized spacial score (nSPS) is 15.4. The second-order valence-electron chi connectivity index (χ2n) is 5.96. The summed E-state index contributed by atoms with van der Waals surface area (Å²) in [6.45, 7) is 4.86. The molecule has 0 aliphatic carbocycles. The Morgan fingerprint density at radius 3 is 2.43 bits per heavy atom. The van der Waals surface area contributed by atoms with Crippen LogP contribution in [0.25, 0.3) is 6.08 Å². The first kappa shape index (κ1) is 19.9. The zero-order valence-corrected chi connectivity index (χ0v) is 16.4. The Hall–Kier alpha value is -2.80. The molecule has 0 saturated carbocycles. The highest BCUT2D eigenvalue weighted by Gasteiger charge is 2.35. The number of imide groups is 1. The Morgan fingerprint density at radius 2 is 1.75 bits per heavy atom. The van der Waals surface area contributed by atoms with Crippen LogP contribution in [0.3, 0.4) is 0 Å². The van der Waals surface area contributed by atoms with E-state index in [1.807, 2.05) is 13.8 Å². The lowest BCUT2D eigenvalue weighted by Crippen LogP contribution is -2.27. The molecule has 7 heteroatoms. The molecule has 0 unspecified atom stereocenters. The van der Waals surface area contributed by atoms with Crippen LogP contribution < -0.4 is 9.47 Å². The van der Waals surface area contributed by atoms with Crippen LogP contribution in [0.1, 0.15) is 25.0 Å². The van der Waals surface area contributed by atoms with E-state index in [2.05, 4.69) is 0 Å². The Morgan fingerprint density at radius 1 is 1.04 bits per heavy atom. The van der Waals surface area contributed by atoms with Crippen molar-refractivity contribution in [2.45, 2.75) is 20.4 Å². The highest BCUT2D eigenvalue weighted by Crippen LogP contribution is 2.35. The molecule has 1 aliphatic rings. The predicted molar refractivity (Wildman–Crippen MR) is 107 cm³/mol. The molecule has 0 aromatic heterocycles. The number of benzene rings is 2. The zero-order chi connectivity index (χ0) is 20.1. The summed E-state index contributed by atoms with van der Waals surface area (Å²) in [7, 11) is 0. The molecule has 0 radical (unpaired) electrons. The summed E-state index contributed by atoms with van der Waals surface area (Å²) < 4.78 is 24.2. The molecule has 1 aliphatic heterocycles. The van der Waals surface area contributed by atoms with E-state index in [4.69, 9.17) is 9.47 Å². The van der Waals surface area contributed by atoms with Gasteiger partial charge in [0, 0.05) is 11.6 Å². The third-order valence-electron chi connectivity index (χ3n) is 4.01. The third-order valence-corrected chi connectivity index (χ3v) is 4.92. The molecule has 0 bridgehead atoms. The van der Waals surface area contributed by atoms with Gasteiger partial charge in [-0.3, -0.25) is 14.5 Å². The van der Waals surface area contributed by atoms with Crippen LogP contribution in [0.2, 0.25) is 0 Å². The zero-order valence-electron chi connectivity index (χ0n) is 15.6. The molecule has 1 saturated heterocycles. The molecule has 1 fully saturated rings. The van der Waals surface area contributed by atoms with Crippen molar-refractivity contribution in [3.8, 4) is 11.5 Å². The lowest BCUT2D eigenvalue weighted by molar-refractivity contribution is -0.123. The summed E-state index contributed by atoms with van der Waals surface area (Å²) in [5.41, 5.74) is 1.37. The Bertz CT molecular complexity index is 911. The minimum absolute atomic E-state index is 0.101. The SMILES string of the molecule is CCOc1ccc(/C=C2/SC(=O)N(Cc3ccc(F)cc3)C2=O)c(OCC)c1. The van der Waals surface area contributed by atoms with Gasteiger partial charge in [-0.05, 0) is 61.5 Å². The van der Waals surface area contributed by atoms with Crippen LogP contribution >= 0.6 is 11.8 Å². The number of ether oxygens (including phenoxy) is 2. The minimum atomic E-state index is -0.379. The first-order chi connectivity index (χ1) is 13.5. The smallest absolute Gasteiger partial charge is 0.293 e. The van der Waals surface area contributed by atoms with Crippen molar-refractivity contribution in [2.24, 2.45) is 0 Å². The van der Waals surface area contributed by atoms with Gasteiger partial charge < -0.3 is 9.47 Å². The molecule has 0 spiro atoms. The van der Waals surface area contributed by atoms with E-state index < -0.39 is 0 Å². The number of halogens is 1. The van der Waals surface area contributed by atoms with Crippen molar-refractivity contribution in [1.82, 2.24) is 4.90 Å². The van der Waals surface area contributed by atoms with Crippen LogP contribution in [0.4, 0.5) is 9.18 Å². The van der Waals surface area contributed by atoms with E-state index in [0.717, 1.165) is 16.7 Å². The number of carbonyl (C=O) groups excluding carboxylic acids is 2. The molecule has 2 amide bonds. The topological polar surface area (TPSA) is 55.8 Å². The van der Waals surface area contributed by atoms with Crippen LogP contribution in [0, 0.1) is 5.82 Å². The van der Waals surface area contributed by atoms with Gasteiger partial charge >= 0.3 is 0 Å². The van der Waals surface area contributed by atoms with E-state index in [1.165, 1.54) is 12.1 Å². The van der Waals surface area contributed by atoms with Crippen LogP contribution in [0.5, 0.6) is 11.5 Å². The molecule has 0 N–H and O–H groups in total. The van der Waals surface area contributed by atoms with Gasteiger partial charge in [-0.25, -0.2) is 4.39 Å². The van der Waals surface area contributed by atoms with Crippen LogP contribution in [0.15, 0.2) is 47.4 Å². The lowest BCUT2D eigenvalue weighted by atomic mass is 10.1. The van der Waals surface area contributed by atoms with Gasteiger partial charge in [-0.2, -0.15) is 0 Å². The molecule has 146 valence electrons.